The molecule has 0 aliphatic carbocycles. The molecule has 0 N–H and O–H groups in total. The number of non-ortho nitro benzene ring substituents is 1. The van der Waals surface area contributed by atoms with Crippen molar-refractivity contribution in [2.45, 2.75) is 19.9 Å². The summed E-state index contributed by atoms with van der Waals surface area (Å²) in [6, 6.07) is 9.58. The molecule has 4 aromatic rings. The van der Waals surface area contributed by atoms with E-state index in [1.807, 2.05) is 0 Å². The first-order valence-corrected chi connectivity index (χ1v) is 11.6. The summed E-state index contributed by atoms with van der Waals surface area (Å²) in [7, 11) is 0. The van der Waals surface area contributed by atoms with Crippen molar-refractivity contribution in [3.05, 3.63) is 94.7 Å². The standard InChI is InChI=1S/C23H14BrN3O6S/c1-10-21(11(2)28)34-23(25-10)26-18(12-4-3-5-14(8-12)27(31)32)17-19(29)15-9-13(24)6-7-16(15)33-20(17)22(26)30/h3-9,18H,1-2H3. The lowest BCUT2D eigenvalue weighted by Gasteiger charge is -2.22. The molecule has 0 fully saturated rings. The Morgan fingerprint density at radius 3 is 2.68 bits per heavy atom. The zero-order chi connectivity index (χ0) is 24.3. The van der Waals surface area contributed by atoms with Crippen LogP contribution in [0.4, 0.5) is 10.8 Å². The molecule has 11 heteroatoms. The fraction of sp³-hybridized carbons (Fsp3) is 0.130. The summed E-state index contributed by atoms with van der Waals surface area (Å²) in [5.74, 6) is -0.979. The summed E-state index contributed by atoms with van der Waals surface area (Å²) >= 11 is 4.36. The molecule has 34 heavy (non-hydrogen) atoms. The third kappa shape index (κ3) is 3.35. The maximum absolute atomic E-state index is 13.6. The number of fused-ring (bicyclic) bond motifs is 2. The number of halogens is 1. The van der Waals surface area contributed by atoms with E-state index >= 15 is 0 Å². The first kappa shape index (κ1) is 22.1. The number of carbonyl (C=O) groups excluding carboxylic acids is 2. The Hall–Kier alpha value is -3.70. The summed E-state index contributed by atoms with van der Waals surface area (Å²) in [6.07, 6.45) is 0. The van der Waals surface area contributed by atoms with Gasteiger partial charge in [0.05, 0.1) is 32.5 Å². The first-order chi connectivity index (χ1) is 16.2. The molecule has 0 bridgehead atoms. The third-order valence-corrected chi connectivity index (χ3v) is 7.29. The highest BCUT2D eigenvalue weighted by atomic mass is 79.9. The van der Waals surface area contributed by atoms with Crippen LogP contribution in [0.1, 0.15) is 50.0 Å². The van der Waals surface area contributed by atoms with E-state index in [1.54, 1.807) is 31.2 Å². The van der Waals surface area contributed by atoms with Crippen molar-refractivity contribution in [1.82, 2.24) is 4.98 Å². The highest BCUT2D eigenvalue weighted by Crippen LogP contribution is 2.43. The molecule has 5 rings (SSSR count). The number of Topliss-reactive ketones (excluding diaryl/α,β-unsaturated/α-hetero) is 1. The molecule has 1 aliphatic heterocycles. The third-order valence-electron chi connectivity index (χ3n) is 5.54. The topological polar surface area (TPSA) is 124 Å². The summed E-state index contributed by atoms with van der Waals surface area (Å²) < 4.78 is 6.54. The lowest BCUT2D eigenvalue weighted by atomic mass is 9.98. The number of carbonyl (C=O) groups is 2. The second-order valence-corrected chi connectivity index (χ2v) is 9.60. The van der Waals surface area contributed by atoms with Crippen molar-refractivity contribution >= 4 is 60.7 Å². The van der Waals surface area contributed by atoms with Gasteiger partial charge in [0.25, 0.3) is 11.6 Å². The number of anilines is 1. The molecule has 0 spiro atoms. The normalized spacial score (nSPS) is 15.1. The maximum Gasteiger partial charge on any atom is 0.297 e. The molecule has 1 atom stereocenters. The van der Waals surface area contributed by atoms with Crippen LogP contribution in [0.25, 0.3) is 11.0 Å². The second kappa shape index (κ2) is 7.96. The molecular weight excluding hydrogens is 526 g/mol. The van der Waals surface area contributed by atoms with Crippen molar-refractivity contribution < 1.29 is 18.9 Å². The van der Waals surface area contributed by atoms with Crippen molar-refractivity contribution in [3.63, 3.8) is 0 Å². The average Bonchev–Trinajstić information content (AvgIpc) is 3.32. The maximum atomic E-state index is 13.6. The molecule has 2 aromatic heterocycles. The number of nitro benzene ring substituents is 1. The molecule has 3 heterocycles. The Morgan fingerprint density at radius 1 is 1.24 bits per heavy atom. The molecule has 2 aromatic carbocycles. The van der Waals surface area contributed by atoms with Crippen molar-refractivity contribution in [1.29, 1.82) is 0 Å². The lowest BCUT2D eigenvalue weighted by Crippen LogP contribution is -2.29. The Balaban J connectivity index is 1.82. The predicted molar refractivity (Wildman–Crippen MR) is 129 cm³/mol. The van der Waals surface area contributed by atoms with E-state index < -0.39 is 22.3 Å². The minimum Gasteiger partial charge on any atom is -0.450 e. The highest BCUT2D eigenvalue weighted by Gasteiger charge is 2.45. The van der Waals surface area contributed by atoms with Crippen LogP contribution in [0.3, 0.4) is 0 Å². The summed E-state index contributed by atoms with van der Waals surface area (Å²) in [6.45, 7) is 3.06. The molecule has 9 nitrogen and oxygen atoms in total. The fourth-order valence-corrected chi connectivity index (χ4v) is 5.43. The van der Waals surface area contributed by atoms with Gasteiger partial charge >= 0.3 is 0 Å². The molecule has 170 valence electrons. The van der Waals surface area contributed by atoms with Crippen LogP contribution in [0.2, 0.25) is 0 Å². The van der Waals surface area contributed by atoms with Gasteiger partial charge in [-0.05, 0) is 30.7 Å². The Morgan fingerprint density at radius 2 is 2.00 bits per heavy atom. The molecule has 1 aliphatic rings. The van der Waals surface area contributed by atoms with Gasteiger partial charge in [0.2, 0.25) is 5.76 Å². The van der Waals surface area contributed by atoms with Gasteiger partial charge in [-0.15, -0.1) is 0 Å². The molecule has 1 unspecified atom stereocenters. The summed E-state index contributed by atoms with van der Waals surface area (Å²) in [5.41, 5.74) is 0.478. The molecule has 0 saturated carbocycles. The minimum atomic E-state index is -1.02. The Bertz CT molecular complexity index is 1610. The number of aryl methyl sites for hydroxylation is 1. The van der Waals surface area contributed by atoms with Gasteiger partial charge in [-0.1, -0.05) is 39.4 Å². The summed E-state index contributed by atoms with van der Waals surface area (Å²) in [4.78, 5) is 56.2. The number of amides is 1. The molecule has 0 radical (unpaired) electrons. The zero-order valence-electron chi connectivity index (χ0n) is 17.7. The van der Waals surface area contributed by atoms with Crippen LogP contribution >= 0.6 is 27.3 Å². The Labute approximate surface area is 203 Å². The van der Waals surface area contributed by atoms with Gasteiger partial charge in [0, 0.05) is 23.5 Å². The van der Waals surface area contributed by atoms with Gasteiger partial charge in [-0.25, -0.2) is 4.98 Å². The van der Waals surface area contributed by atoms with Gasteiger partial charge in [-0.2, -0.15) is 0 Å². The van der Waals surface area contributed by atoms with E-state index in [1.165, 1.54) is 30.0 Å². The van der Waals surface area contributed by atoms with Crippen LogP contribution in [0, 0.1) is 17.0 Å². The van der Waals surface area contributed by atoms with E-state index in [-0.39, 0.29) is 38.9 Å². The van der Waals surface area contributed by atoms with Gasteiger partial charge in [0.15, 0.2) is 16.3 Å². The Kier molecular flexibility index (Phi) is 5.18. The van der Waals surface area contributed by atoms with E-state index in [2.05, 4.69) is 20.9 Å². The van der Waals surface area contributed by atoms with Crippen LogP contribution in [0.15, 0.2) is 56.1 Å². The van der Waals surface area contributed by atoms with Crippen molar-refractivity contribution in [2.75, 3.05) is 4.90 Å². The van der Waals surface area contributed by atoms with Crippen molar-refractivity contribution in [3.8, 4) is 0 Å². The molecule has 0 saturated heterocycles. The highest BCUT2D eigenvalue weighted by molar-refractivity contribution is 9.10. The number of ketones is 1. The number of hydrogen-bond acceptors (Lipinski definition) is 8. The van der Waals surface area contributed by atoms with E-state index in [0.717, 1.165) is 11.3 Å². The number of thiazole rings is 1. The number of benzene rings is 2. The van der Waals surface area contributed by atoms with Crippen LogP contribution < -0.4 is 10.3 Å². The second-order valence-electron chi connectivity index (χ2n) is 7.71. The number of nitro groups is 1. The largest absolute Gasteiger partial charge is 0.450 e. The smallest absolute Gasteiger partial charge is 0.297 e. The fourth-order valence-electron chi connectivity index (χ4n) is 4.08. The van der Waals surface area contributed by atoms with E-state index in [9.17, 15) is 24.5 Å². The average molecular weight is 540 g/mol. The van der Waals surface area contributed by atoms with Crippen molar-refractivity contribution in [2.24, 2.45) is 0 Å². The van der Waals surface area contributed by atoms with E-state index in [0.29, 0.717) is 20.6 Å². The SMILES string of the molecule is CC(=O)c1sc(N2C(=O)c3oc4ccc(Br)cc4c(=O)c3C2c2cccc([N+](=O)[O-])c2)nc1C. The number of rotatable bonds is 4. The summed E-state index contributed by atoms with van der Waals surface area (Å²) in [5, 5.41) is 11.9. The first-order valence-electron chi connectivity index (χ1n) is 10.00. The number of nitrogens with zero attached hydrogens (tertiary/aromatic N) is 3. The molecular formula is C23H14BrN3O6S. The zero-order valence-corrected chi connectivity index (χ0v) is 20.1. The number of aromatic nitrogens is 1. The number of hydrogen-bond donors (Lipinski definition) is 0. The quantitative estimate of drug-likeness (QED) is 0.199. The van der Waals surface area contributed by atoms with E-state index in [4.69, 9.17) is 4.42 Å². The predicted octanol–water partition coefficient (Wildman–Crippen LogP) is 5.18. The monoisotopic (exact) mass is 539 g/mol. The minimum absolute atomic E-state index is 0.0633. The van der Waals surface area contributed by atoms with Crippen LogP contribution in [-0.2, 0) is 0 Å². The van der Waals surface area contributed by atoms with Crippen LogP contribution in [0.5, 0.6) is 0 Å². The van der Waals surface area contributed by atoms with Crippen LogP contribution in [-0.4, -0.2) is 21.6 Å². The van der Waals surface area contributed by atoms with Gasteiger partial charge < -0.3 is 4.42 Å². The molecule has 1 amide bonds. The van der Waals surface area contributed by atoms with Gasteiger partial charge in [-0.3, -0.25) is 29.4 Å². The lowest BCUT2D eigenvalue weighted by molar-refractivity contribution is -0.384. The van der Waals surface area contributed by atoms with Gasteiger partial charge in [0.1, 0.15) is 5.58 Å².